The van der Waals surface area contributed by atoms with Gasteiger partial charge in [0.2, 0.25) is 0 Å². The zero-order valence-electron chi connectivity index (χ0n) is 9.74. The van der Waals surface area contributed by atoms with Gasteiger partial charge in [0.15, 0.2) is 0 Å². The van der Waals surface area contributed by atoms with Crippen LogP contribution in [0.15, 0.2) is 48.5 Å². The van der Waals surface area contributed by atoms with Crippen molar-refractivity contribution in [3.8, 4) is 16.2 Å². The standard InChI is InChI=1S/C14H9NO3S/c16-13-11-8-10(15(17)18)6-7-12(11)19-14(13)9-4-2-1-3-5-9/h1-8,16H. The van der Waals surface area contributed by atoms with Crippen LogP contribution in [0.5, 0.6) is 5.75 Å². The first-order valence-electron chi connectivity index (χ1n) is 5.62. The molecule has 1 heterocycles. The van der Waals surface area contributed by atoms with Gasteiger partial charge < -0.3 is 5.11 Å². The Morgan fingerprint density at radius 1 is 1.11 bits per heavy atom. The summed E-state index contributed by atoms with van der Waals surface area (Å²) >= 11 is 1.42. The van der Waals surface area contributed by atoms with E-state index < -0.39 is 4.92 Å². The summed E-state index contributed by atoms with van der Waals surface area (Å²) in [5, 5.41) is 21.5. The molecule has 19 heavy (non-hydrogen) atoms. The summed E-state index contributed by atoms with van der Waals surface area (Å²) in [4.78, 5) is 11.0. The minimum absolute atomic E-state index is 0.0137. The van der Waals surface area contributed by atoms with Crippen LogP contribution in [0.25, 0.3) is 20.5 Å². The van der Waals surface area contributed by atoms with Gasteiger partial charge in [0.05, 0.1) is 9.80 Å². The molecule has 0 aliphatic rings. The second-order valence-electron chi connectivity index (χ2n) is 4.08. The lowest BCUT2D eigenvalue weighted by Crippen LogP contribution is -1.85. The molecule has 3 rings (SSSR count). The fourth-order valence-corrected chi connectivity index (χ4v) is 3.05. The highest BCUT2D eigenvalue weighted by Gasteiger charge is 2.15. The summed E-state index contributed by atoms with van der Waals surface area (Å²) < 4.78 is 0.835. The second kappa shape index (κ2) is 4.37. The largest absolute Gasteiger partial charge is 0.506 e. The summed E-state index contributed by atoms with van der Waals surface area (Å²) in [5.74, 6) is 0.106. The number of nitrogens with zero attached hydrogens (tertiary/aromatic N) is 1. The van der Waals surface area contributed by atoms with Crippen LogP contribution < -0.4 is 0 Å². The van der Waals surface area contributed by atoms with Crippen LogP contribution >= 0.6 is 11.3 Å². The molecule has 5 heteroatoms. The van der Waals surface area contributed by atoms with E-state index in [1.54, 1.807) is 6.07 Å². The van der Waals surface area contributed by atoms with Gasteiger partial charge in [-0.3, -0.25) is 10.1 Å². The van der Waals surface area contributed by atoms with Crippen molar-refractivity contribution < 1.29 is 10.0 Å². The smallest absolute Gasteiger partial charge is 0.270 e. The van der Waals surface area contributed by atoms with Crippen molar-refractivity contribution in [2.75, 3.05) is 0 Å². The molecule has 0 aliphatic carbocycles. The number of hydrogen-bond acceptors (Lipinski definition) is 4. The van der Waals surface area contributed by atoms with Gasteiger partial charge in [0.1, 0.15) is 5.75 Å². The zero-order chi connectivity index (χ0) is 13.4. The van der Waals surface area contributed by atoms with Crippen molar-refractivity contribution in [3.05, 3.63) is 58.6 Å². The van der Waals surface area contributed by atoms with Crippen LogP contribution in [0, 0.1) is 10.1 Å². The molecule has 94 valence electrons. The van der Waals surface area contributed by atoms with Crippen LogP contribution in [0.4, 0.5) is 5.69 Å². The fraction of sp³-hybridized carbons (Fsp3) is 0. The Hall–Kier alpha value is -2.40. The highest BCUT2D eigenvalue weighted by Crippen LogP contribution is 2.44. The third-order valence-electron chi connectivity index (χ3n) is 2.89. The molecule has 1 aromatic heterocycles. The summed E-state index contributed by atoms with van der Waals surface area (Å²) in [5.41, 5.74) is 0.893. The van der Waals surface area contributed by atoms with Gasteiger partial charge in [-0.2, -0.15) is 0 Å². The molecular formula is C14H9NO3S. The Morgan fingerprint density at radius 2 is 1.84 bits per heavy atom. The summed E-state index contributed by atoms with van der Waals surface area (Å²) in [6, 6.07) is 14.0. The van der Waals surface area contributed by atoms with Crippen LogP contribution in [-0.2, 0) is 0 Å². The normalized spacial score (nSPS) is 10.7. The minimum Gasteiger partial charge on any atom is -0.506 e. The Kier molecular flexibility index (Phi) is 2.68. The van der Waals surface area contributed by atoms with E-state index in [0.29, 0.717) is 5.39 Å². The maximum atomic E-state index is 10.8. The summed E-state index contributed by atoms with van der Waals surface area (Å²) in [6.07, 6.45) is 0. The maximum Gasteiger partial charge on any atom is 0.270 e. The Balaban J connectivity index is 2.24. The molecule has 0 radical (unpaired) electrons. The summed E-state index contributed by atoms with van der Waals surface area (Å²) in [7, 11) is 0. The number of rotatable bonds is 2. The van der Waals surface area contributed by atoms with Crippen molar-refractivity contribution in [2.45, 2.75) is 0 Å². The number of hydrogen-bond donors (Lipinski definition) is 1. The van der Waals surface area contributed by atoms with E-state index in [1.165, 1.54) is 23.5 Å². The maximum absolute atomic E-state index is 10.8. The lowest BCUT2D eigenvalue weighted by molar-refractivity contribution is -0.384. The Labute approximate surface area is 112 Å². The third-order valence-corrected chi connectivity index (χ3v) is 4.10. The lowest BCUT2D eigenvalue weighted by atomic mass is 10.1. The average molecular weight is 271 g/mol. The first-order chi connectivity index (χ1) is 9.16. The topological polar surface area (TPSA) is 63.4 Å². The van der Waals surface area contributed by atoms with Gasteiger partial charge in [0, 0.05) is 22.2 Å². The number of benzene rings is 2. The SMILES string of the molecule is O=[N+]([O-])c1ccc2sc(-c3ccccc3)c(O)c2c1. The number of fused-ring (bicyclic) bond motifs is 1. The molecule has 0 unspecified atom stereocenters. The van der Waals surface area contributed by atoms with Crippen LogP contribution in [0.1, 0.15) is 0 Å². The first-order valence-corrected chi connectivity index (χ1v) is 6.44. The number of nitro benzene ring substituents is 1. The number of aromatic hydroxyl groups is 1. The molecule has 0 saturated carbocycles. The average Bonchev–Trinajstić information content (AvgIpc) is 2.77. The molecule has 0 spiro atoms. The van der Waals surface area contributed by atoms with E-state index >= 15 is 0 Å². The highest BCUT2D eigenvalue weighted by molar-refractivity contribution is 7.22. The van der Waals surface area contributed by atoms with Gasteiger partial charge in [-0.15, -0.1) is 11.3 Å². The van der Waals surface area contributed by atoms with Crippen LogP contribution in [0.3, 0.4) is 0 Å². The van der Waals surface area contributed by atoms with Crippen molar-refractivity contribution >= 4 is 27.1 Å². The van der Waals surface area contributed by atoms with Crippen molar-refractivity contribution in [1.29, 1.82) is 0 Å². The number of thiophene rings is 1. The summed E-state index contributed by atoms with van der Waals surface area (Å²) in [6.45, 7) is 0. The molecule has 0 fully saturated rings. The van der Waals surface area contributed by atoms with Crippen molar-refractivity contribution in [3.63, 3.8) is 0 Å². The van der Waals surface area contributed by atoms with E-state index in [4.69, 9.17) is 0 Å². The quantitative estimate of drug-likeness (QED) is 0.561. The lowest BCUT2D eigenvalue weighted by Gasteiger charge is -1.97. The van der Waals surface area contributed by atoms with E-state index in [-0.39, 0.29) is 11.4 Å². The van der Waals surface area contributed by atoms with Gasteiger partial charge in [-0.05, 0) is 11.6 Å². The van der Waals surface area contributed by atoms with Crippen LogP contribution in [-0.4, -0.2) is 10.0 Å². The minimum atomic E-state index is -0.460. The van der Waals surface area contributed by atoms with Crippen molar-refractivity contribution in [1.82, 2.24) is 0 Å². The number of nitro groups is 1. The van der Waals surface area contributed by atoms with Gasteiger partial charge in [0.25, 0.3) is 5.69 Å². The van der Waals surface area contributed by atoms with Crippen LogP contribution in [0.2, 0.25) is 0 Å². The van der Waals surface area contributed by atoms with Crippen molar-refractivity contribution in [2.24, 2.45) is 0 Å². The zero-order valence-corrected chi connectivity index (χ0v) is 10.6. The molecule has 0 amide bonds. The molecule has 3 aromatic rings. The molecule has 4 nitrogen and oxygen atoms in total. The fourth-order valence-electron chi connectivity index (χ4n) is 1.97. The third kappa shape index (κ3) is 1.94. The molecule has 0 bridgehead atoms. The molecule has 0 aliphatic heterocycles. The van der Waals surface area contributed by atoms with E-state index in [9.17, 15) is 15.2 Å². The van der Waals surface area contributed by atoms with E-state index in [2.05, 4.69) is 0 Å². The number of non-ortho nitro benzene ring substituents is 1. The molecule has 0 saturated heterocycles. The molecule has 1 N–H and O–H groups in total. The molecular weight excluding hydrogens is 262 g/mol. The monoisotopic (exact) mass is 271 g/mol. The molecule has 2 aromatic carbocycles. The molecule has 0 atom stereocenters. The van der Waals surface area contributed by atoms with Gasteiger partial charge >= 0.3 is 0 Å². The predicted molar refractivity (Wildman–Crippen MR) is 75.6 cm³/mol. The predicted octanol–water partition coefficient (Wildman–Crippen LogP) is 4.18. The van der Waals surface area contributed by atoms with E-state index in [0.717, 1.165) is 15.1 Å². The first kappa shape index (κ1) is 11.7. The second-order valence-corrected chi connectivity index (χ2v) is 5.14. The van der Waals surface area contributed by atoms with Gasteiger partial charge in [-0.25, -0.2) is 0 Å². The van der Waals surface area contributed by atoms with Gasteiger partial charge in [-0.1, -0.05) is 30.3 Å². The Bertz CT molecular complexity index is 765. The van der Waals surface area contributed by atoms with E-state index in [1.807, 2.05) is 30.3 Å². The highest BCUT2D eigenvalue weighted by atomic mass is 32.1. The Morgan fingerprint density at radius 3 is 2.53 bits per heavy atom.